The number of para-hydroxylation sites is 1. The summed E-state index contributed by atoms with van der Waals surface area (Å²) in [5.41, 5.74) is 3.48. The minimum Gasteiger partial charge on any atom is -0.422 e. The molecule has 3 nitrogen and oxygen atoms in total. The number of nitrogens with zero attached hydrogens (tertiary/aromatic N) is 1. The van der Waals surface area contributed by atoms with Gasteiger partial charge in [0.05, 0.1) is 5.59 Å². The maximum absolute atomic E-state index is 9.81. The average molecular weight is 265 g/mol. The first kappa shape index (κ1) is 13.0. The van der Waals surface area contributed by atoms with Crippen LogP contribution >= 0.6 is 0 Å². The third-order valence-corrected chi connectivity index (χ3v) is 3.63. The Balaban J connectivity index is 2.43. The molecule has 2 aromatic carbocycles. The number of aryl methyl sites for hydroxylation is 1. The lowest BCUT2D eigenvalue weighted by Gasteiger charge is -2.09. The Morgan fingerprint density at radius 2 is 1.60 bits per heavy atom. The van der Waals surface area contributed by atoms with Crippen LogP contribution in [0.4, 0.5) is 0 Å². The normalized spacial score (nSPS) is 10.9. The van der Waals surface area contributed by atoms with E-state index in [9.17, 15) is 10.0 Å². The van der Waals surface area contributed by atoms with Crippen LogP contribution in [-0.2, 0) is 6.54 Å². The minimum atomic E-state index is -1.49. The Bertz CT molecular complexity index is 735. The Hall–Kier alpha value is -2.04. The summed E-state index contributed by atoms with van der Waals surface area (Å²) >= 11 is 0. The predicted octanol–water partition coefficient (Wildman–Crippen LogP) is 2.01. The Labute approximate surface area is 118 Å². The first-order valence-electron chi connectivity index (χ1n) is 6.76. The lowest BCUT2D eigenvalue weighted by Crippen LogP contribution is -2.37. The zero-order valence-corrected chi connectivity index (χ0v) is 11.3. The van der Waals surface area contributed by atoms with Crippen LogP contribution in [0, 0.1) is 0 Å². The van der Waals surface area contributed by atoms with E-state index in [1.807, 2.05) is 66.1 Å². The molecule has 20 heavy (non-hydrogen) atoms. The molecule has 2 N–H and O–H groups in total. The van der Waals surface area contributed by atoms with Crippen molar-refractivity contribution < 1.29 is 10.0 Å². The van der Waals surface area contributed by atoms with E-state index in [-0.39, 0.29) is 0 Å². The van der Waals surface area contributed by atoms with Gasteiger partial charge in [-0.1, -0.05) is 48.5 Å². The van der Waals surface area contributed by atoms with Gasteiger partial charge in [0.25, 0.3) is 0 Å². The van der Waals surface area contributed by atoms with E-state index < -0.39 is 7.12 Å². The number of benzene rings is 2. The molecule has 0 aliphatic rings. The quantitative estimate of drug-likeness (QED) is 0.711. The predicted molar refractivity (Wildman–Crippen MR) is 82.9 cm³/mol. The van der Waals surface area contributed by atoms with Crippen molar-refractivity contribution in [2.24, 2.45) is 0 Å². The molecule has 0 radical (unpaired) electrons. The van der Waals surface area contributed by atoms with E-state index in [1.165, 1.54) is 0 Å². The summed E-state index contributed by atoms with van der Waals surface area (Å²) in [4.78, 5) is 0. The van der Waals surface area contributed by atoms with Gasteiger partial charge in [-0.15, -0.1) is 0 Å². The van der Waals surface area contributed by atoms with E-state index in [2.05, 4.69) is 0 Å². The Kier molecular flexibility index (Phi) is 3.34. The van der Waals surface area contributed by atoms with E-state index in [1.54, 1.807) is 0 Å². The van der Waals surface area contributed by atoms with Crippen molar-refractivity contribution in [2.45, 2.75) is 13.5 Å². The lowest BCUT2D eigenvalue weighted by molar-refractivity contribution is 0.422. The van der Waals surface area contributed by atoms with Gasteiger partial charge in [-0.05, 0) is 18.6 Å². The number of hydrogen-bond donors (Lipinski definition) is 2. The molecule has 1 aromatic heterocycles. The van der Waals surface area contributed by atoms with Gasteiger partial charge in [-0.3, -0.25) is 0 Å². The number of hydrogen-bond acceptors (Lipinski definition) is 2. The summed E-state index contributed by atoms with van der Waals surface area (Å²) in [7, 11) is -1.49. The van der Waals surface area contributed by atoms with Gasteiger partial charge in [0, 0.05) is 23.0 Å². The second-order valence-corrected chi connectivity index (χ2v) is 4.76. The minimum absolute atomic E-state index is 0.555. The molecule has 3 rings (SSSR count). The molecule has 0 amide bonds. The summed E-state index contributed by atoms with van der Waals surface area (Å²) in [6.07, 6.45) is 0. The van der Waals surface area contributed by atoms with Crippen molar-refractivity contribution in [3.63, 3.8) is 0 Å². The molecule has 0 bridgehead atoms. The van der Waals surface area contributed by atoms with Crippen LogP contribution < -0.4 is 5.59 Å². The van der Waals surface area contributed by atoms with Gasteiger partial charge in [-0.2, -0.15) is 0 Å². The van der Waals surface area contributed by atoms with Crippen LogP contribution in [0.1, 0.15) is 6.92 Å². The molecule has 0 aliphatic heterocycles. The fourth-order valence-electron chi connectivity index (χ4n) is 2.84. The van der Waals surface area contributed by atoms with E-state index in [0.717, 1.165) is 22.0 Å². The Morgan fingerprint density at radius 1 is 0.950 bits per heavy atom. The second kappa shape index (κ2) is 5.15. The molecular formula is C16H16BNO2. The van der Waals surface area contributed by atoms with Gasteiger partial charge >= 0.3 is 7.12 Å². The van der Waals surface area contributed by atoms with Crippen molar-refractivity contribution >= 4 is 23.6 Å². The van der Waals surface area contributed by atoms with E-state index in [0.29, 0.717) is 12.1 Å². The molecule has 0 spiro atoms. The molecule has 4 heteroatoms. The third kappa shape index (κ3) is 1.94. The maximum atomic E-state index is 9.81. The van der Waals surface area contributed by atoms with Gasteiger partial charge in [0.15, 0.2) is 0 Å². The molecule has 0 saturated carbocycles. The fourth-order valence-corrected chi connectivity index (χ4v) is 2.84. The van der Waals surface area contributed by atoms with Crippen molar-refractivity contribution in [3.05, 3.63) is 54.6 Å². The summed E-state index contributed by atoms with van der Waals surface area (Å²) in [5, 5.41) is 20.7. The zero-order chi connectivity index (χ0) is 14.1. The van der Waals surface area contributed by atoms with Crippen LogP contribution in [0.2, 0.25) is 0 Å². The highest BCUT2D eigenvalue weighted by atomic mass is 16.4. The van der Waals surface area contributed by atoms with Gasteiger partial charge < -0.3 is 14.6 Å². The molecule has 0 aliphatic carbocycles. The van der Waals surface area contributed by atoms with Crippen LogP contribution in [0.25, 0.3) is 22.0 Å². The first-order chi connectivity index (χ1) is 9.74. The standard InChI is InChI=1S/C16H16BNO2/c1-2-18-14-11-7-6-10-13(14)15(16(18)17(19)20)12-8-4-3-5-9-12/h3-11,19-20H,2H2,1H3. The molecule has 0 fully saturated rings. The molecule has 0 saturated heterocycles. The van der Waals surface area contributed by atoms with E-state index >= 15 is 0 Å². The Morgan fingerprint density at radius 3 is 2.25 bits per heavy atom. The molecular weight excluding hydrogens is 249 g/mol. The lowest BCUT2D eigenvalue weighted by atomic mass is 9.80. The third-order valence-electron chi connectivity index (χ3n) is 3.63. The zero-order valence-electron chi connectivity index (χ0n) is 11.3. The number of fused-ring (bicyclic) bond motifs is 1. The van der Waals surface area contributed by atoms with Crippen molar-refractivity contribution in [3.8, 4) is 11.1 Å². The smallest absolute Gasteiger partial charge is 0.422 e. The maximum Gasteiger partial charge on any atom is 0.506 e. The number of rotatable bonds is 3. The summed E-state index contributed by atoms with van der Waals surface area (Å²) in [5.74, 6) is 0. The van der Waals surface area contributed by atoms with Crippen LogP contribution in [-0.4, -0.2) is 21.7 Å². The SMILES string of the molecule is CCn1c(B(O)O)c(-c2ccccc2)c2ccccc21. The van der Waals surface area contributed by atoms with Crippen LogP contribution in [0.3, 0.4) is 0 Å². The average Bonchev–Trinajstić information content (AvgIpc) is 2.82. The van der Waals surface area contributed by atoms with Gasteiger partial charge in [0.2, 0.25) is 0 Å². The monoisotopic (exact) mass is 265 g/mol. The molecule has 3 aromatic rings. The van der Waals surface area contributed by atoms with Gasteiger partial charge in [0.1, 0.15) is 0 Å². The van der Waals surface area contributed by atoms with E-state index in [4.69, 9.17) is 0 Å². The van der Waals surface area contributed by atoms with Crippen LogP contribution in [0.5, 0.6) is 0 Å². The molecule has 0 unspecified atom stereocenters. The van der Waals surface area contributed by atoms with Crippen molar-refractivity contribution in [2.75, 3.05) is 0 Å². The largest absolute Gasteiger partial charge is 0.506 e. The molecule has 0 atom stereocenters. The number of aromatic nitrogens is 1. The topological polar surface area (TPSA) is 45.4 Å². The second-order valence-electron chi connectivity index (χ2n) is 4.76. The van der Waals surface area contributed by atoms with Crippen LogP contribution in [0.15, 0.2) is 54.6 Å². The highest BCUT2D eigenvalue weighted by Crippen LogP contribution is 2.29. The van der Waals surface area contributed by atoms with Crippen molar-refractivity contribution in [1.82, 2.24) is 4.57 Å². The fraction of sp³-hybridized carbons (Fsp3) is 0.125. The van der Waals surface area contributed by atoms with Crippen molar-refractivity contribution in [1.29, 1.82) is 0 Å². The first-order valence-corrected chi connectivity index (χ1v) is 6.76. The molecule has 1 heterocycles. The summed E-state index contributed by atoms with van der Waals surface area (Å²) in [6.45, 7) is 2.70. The van der Waals surface area contributed by atoms with Gasteiger partial charge in [-0.25, -0.2) is 0 Å². The summed E-state index contributed by atoms with van der Waals surface area (Å²) < 4.78 is 1.96. The molecule has 100 valence electrons. The summed E-state index contributed by atoms with van der Waals surface area (Å²) in [6, 6.07) is 17.8. The highest BCUT2D eigenvalue weighted by Gasteiger charge is 2.25. The highest BCUT2D eigenvalue weighted by molar-refractivity contribution is 6.60.